The number of likely N-dealkylation sites (N-methyl/N-ethyl adjacent to an activating group) is 1. The molecule has 0 spiro atoms. The van der Waals surface area contributed by atoms with Crippen molar-refractivity contribution >= 4 is 6.09 Å². The number of amides is 1. The van der Waals surface area contributed by atoms with Gasteiger partial charge in [-0.15, -0.1) is 0 Å². The lowest BCUT2D eigenvalue weighted by atomic mass is 9.81. The van der Waals surface area contributed by atoms with Gasteiger partial charge in [-0.1, -0.05) is 30.3 Å². The lowest BCUT2D eigenvalue weighted by Crippen LogP contribution is -2.62. The largest absolute Gasteiger partial charge is 0.444 e. The molecule has 5 nitrogen and oxygen atoms in total. The van der Waals surface area contributed by atoms with E-state index in [1.54, 1.807) is 11.9 Å². The zero-order chi connectivity index (χ0) is 22.1. The molecule has 1 amide bonds. The van der Waals surface area contributed by atoms with Crippen molar-refractivity contribution in [3.63, 3.8) is 0 Å². The number of piperidine rings is 1. The SMILES string of the molecule is CN(C(=O)OC(C)(C)C)C1CCN([C@H]2CCCC(F)(F)[C@@H]2N)CC1c1ccccc1. The molecule has 2 fully saturated rings. The van der Waals surface area contributed by atoms with Gasteiger partial charge in [0.2, 0.25) is 0 Å². The normalized spacial score (nSPS) is 30.0. The molecule has 1 heterocycles. The van der Waals surface area contributed by atoms with E-state index in [1.165, 1.54) is 0 Å². The molecule has 1 aromatic rings. The van der Waals surface area contributed by atoms with Gasteiger partial charge >= 0.3 is 6.09 Å². The summed E-state index contributed by atoms with van der Waals surface area (Å²) in [5.74, 6) is -2.82. The number of benzene rings is 1. The van der Waals surface area contributed by atoms with Gasteiger partial charge in [-0.05, 0) is 45.6 Å². The molecule has 0 bridgehead atoms. The summed E-state index contributed by atoms with van der Waals surface area (Å²) in [6.45, 7) is 6.77. The Morgan fingerprint density at radius 1 is 1.23 bits per heavy atom. The predicted molar refractivity (Wildman–Crippen MR) is 114 cm³/mol. The molecule has 0 radical (unpaired) electrons. The van der Waals surface area contributed by atoms with Crippen molar-refractivity contribution in [2.24, 2.45) is 5.73 Å². The van der Waals surface area contributed by atoms with Crippen LogP contribution < -0.4 is 5.73 Å². The van der Waals surface area contributed by atoms with Crippen molar-refractivity contribution < 1.29 is 18.3 Å². The van der Waals surface area contributed by atoms with Crippen LogP contribution in [0.3, 0.4) is 0 Å². The van der Waals surface area contributed by atoms with Crippen LogP contribution >= 0.6 is 0 Å². The van der Waals surface area contributed by atoms with Crippen LogP contribution in [0.1, 0.15) is 57.9 Å². The number of likely N-dealkylation sites (tertiary alicyclic amines) is 1. The van der Waals surface area contributed by atoms with E-state index in [1.807, 2.05) is 51.1 Å². The maximum absolute atomic E-state index is 14.3. The number of carbonyl (C=O) groups is 1. The zero-order valence-corrected chi connectivity index (χ0v) is 18.5. The van der Waals surface area contributed by atoms with Crippen LogP contribution in [0.5, 0.6) is 0 Å². The van der Waals surface area contributed by atoms with Gasteiger partial charge in [0.05, 0.1) is 6.04 Å². The zero-order valence-electron chi connectivity index (χ0n) is 18.5. The number of hydrogen-bond donors (Lipinski definition) is 1. The van der Waals surface area contributed by atoms with Crippen molar-refractivity contribution in [3.8, 4) is 0 Å². The van der Waals surface area contributed by atoms with E-state index in [-0.39, 0.29) is 30.5 Å². The van der Waals surface area contributed by atoms with Crippen molar-refractivity contribution in [1.82, 2.24) is 9.80 Å². The Morgan fingerprint density at radius 2 is 1.90 bits per heavy atom. The Morgan fingerprint density at radius 3 is 2.53 bits per heavy atom. The van der Waals surface area contributed by atoms with Crippen molar-refractivity contribution in [2.45, 2.75) is 82.0 Å². The summed E-state index contributed by atoms with van der Waals surface area (Å²) < 4.78 is 34.1. The number of nitrogens with two attached hydrogens (primary N) is 1. The van der Waals surface area contributed by atoms with Gasteiger partial charge in [-0.3, -0.25) is 4.90 Å². The fraction of sp³-hybridized carbons (Fsp3) is 0.696. The molecule has 7 heteroatoms. The van der Waals surface area contributed by atoms with E-state index >= 15 is 0 Å². The fourth-order valence-electron chi connectivity index (χ4n) is 4.81. The van der Waals surface area contributed by atoms with Crippen molar-refractivity contribution in [3.05, 3.63) is 35.9 Å². The average Bonchev–Trinajstić information content (AvgIpc) is 2.68. The minimum atomic E-state index is -2.82. The van der Waals surface area contributed by atoms with Crippen LogP contribution in [0.2, 0.25) is 0 Å². The Labute approximate surface area is 178 Å². The van der Waals surface area contributed by atoms with Crippen LogP contribution in [-0.4, -0.2) is 65.7 Å². The number of alkyl halides is 2. The van der Waals surface area contributed by atoms with Gasteiger partial charge in [0, 0.05) is 44.6 Å². The molecule has 1 saturated carbocycles. The molecular weight excluding hydrogens is 388 g/mol. The summed E-state index contributed by atoms with van der Waals surface area (Å²) in [5.41, 5.74) is 6.53. The summed E-state index contributed by atoms with van der Waals surface area (Å²) in [4.78, 5) is 16.5. The number of nitrogens with zero attached hydrogens (tertiary/aromatic N) is 2. The molecular formula is C23H35F2N3O2. The Bertz CT molecular complexity index is 723. The van der Waals surface area contributed by atoms with Crippen LogP contribution in [-0.2, 0) is 4.74 Å². The minimum Gasteiger partial charge on any atom is -0.444 e. The lowest BCUT2D eigenvalue weighted by Gasteiger charge is -2.48. The number of halogens is 2. The third kappa shape index (κ3) is 5.11. The van der Waals surface area contributed by atoms with Crippen LogP contribution in [0.4, 0.5) is 13.6 Å². The molecule has 0 aromatic heterocycles. The molecule has 2 aliphatic rings. The van der Waals surface area contributed by atoms with Gasteiger partial charge in [0.25, 0.3) is 5.92 Å². The summed E-state index contributed by atoms with van der Waals surface area (Å²) in [7, 11) is 1.77. The fourth-order valence-corrected chi connectivity index (χ4v) is 4.81. The predicted octanol–water partition coefficient (Wildman–Crippen LogP) is 4.23. The monoisotopic (exact) mass is 423 g/mol. The second-order valence-corrected chi connectivity index (χ2v) is 9.71. The van der Waals surface area contributed by atoms with Gasteiger partial charge in [0.1, 0.15) is 5.60 Å². The molecule has 4 atom stereocenters. The van der Waals surface area contributed by atoms with E-state index < -0.39 is 17.6 Å². The highest BCUT2D eigenvalue weighted by molar-refractivity contribution is 5.68. The first-order valence-corrected chi connectivity index (χ1v) is 10.9. The second kappa shape index (κ2) is 8.79. The summed E-state index contributed by atoms with van der Waals surface area (Å²) >= 11 is 0. The van der Waals surface area contributed by atoms with Crippen molar-refractivity contribution in [1.29, 1.82) is 0 Å². The molecule has 1 saturated heterocycles. The molecule has 168 valence electrons. The Hall–Kier alpha value is -1.73. The lowest BCUT2D eigenvalue weighted by molar-refractivity contribution is -0.0882. The molecule has 2 unspecified atom stereocenters. The molecule has 30 heavy (non-hydrogen) atoms. The average molecular weight is 424 g/mol. The van der Waals surface area contributed by atoms with Gasteiger partial charge in [0.15, 0.2) is 0 Å². The number of rotatable bonds is 3. The second-order valence-electron chi connectivity index (χ2n) is 9.71. The highest BCUT2D eigenvalue weighted by atomic mass is 19.3. The number of hydrogen-bond acceptors (Lipinski definition) is 4. The van der Waals surface area contributed by atoms with E-state index in [4.69, 9.17) is 10.5 Å². The standard InChI is InChI=1S/C23H35F2N3O2/c1-22(2,3)30-21(29)27(4)18-12-14-28(15-17(18)16-9-6-5-7-10-16)19-11-8-13-23(24,25)20(19)26/h5-7,9-10,17-20H,8,11-15,26H2,1-4H3/t17?,18?,19-,20+/m0/s1. The maximum Gasteiger partial charge on any atom is 0.410 e. The first-order chi connectivity index (χ1) is 14.0. The quantitative estimate of drug-likeness (QED) is 0.791. The highest BCUT2D eigenvalue weighted by Gasteiger charge is 2.48. The third-order valence-electron chi connectivity index (χ3n) is 6.40. The van der Waals surface area contributed by atoms with E-state index in [0.29, 0.717) is 32.4 Å². The summed E-state index contributed by atoms with van der Waals surface area (Å²) in [6, 6.07) is 8.42. The summed E-state index contributed by atoms with van der Waals surface area (Å²) in [5, 5.41) is 0. The van der Waals surface area contributed by atoms with Crippen LogP contribution in [0.25, 0.3) is 0 Å². The summed E-state index contributed by atoms with van der Waals surface area (Å²) in [6.07, 6.45) is 1.36. The first kappa shape index (κ1) is 22.9. The third-order valence-corrected chi connectivity index (χ3v) is 6.40. The van der Waals surface area contributed by atoms with Gasteiger partial charge in [-0.2, -0.15) is 0 Å². The Balaban J connectivity index is 1.82. The van der Waals surface area contributed by atoms with Crippen LogP contribution in [0.15, 0.2) is 30.3 Å². The van der Waals surface area contributed by atoms with Gasteiger partial charge in [-0.25, -0.2) is 13.6 Å². The van der Waals surface area contributed by atoms with Crippen molar-refractivity contribution in [2.75, 3.05) is 20.1 Å². The van der Waals surface area contributed by atoms with E-state index in [9.17, 15) is 13.6 Å². The Kier molecular flexibility index (Phi) is 6.72. The molecule has 3 rings (SSSR count). The highest BCUT2D eigenvalue weighted by Crippen LogP contribution is 2.38. The number of carbonyl (C=O) groups excluding carboxylic acids is 1. The van der Waals surface area contributed by atoms with E-state index in [2.05, 4.69) is 4.90 Å². The number of ether oxygens (including phenoxy) is 1. The molecule has 1 aromatic carbocycles. The topological polar surface area (TPSA) is 58.8 Å². The van der Waals surface area contributed by atoms with Gasteiger partial charge < -0.3 is 15.4 Å². The minimum absolute atomic E-state index is 0.000201. The molecule has 2 N–H and O–H groups in total. The smallest absolute Gasteiger partial charge is 0.410 e. The maximum atomic E-state index is 14.3. The molecule has 1 aliphatic carbocycles. The molecule has 1 aliphatic heterocycles. The van der Waals surface area contributed by atoms with E-state index in [0.717, 1.165) is 5.56 Å². The van der Waals surface area contributed by atoms with Crippen LogP contribution in [0, 0.1) is 0 Å². The first-order valence-electron chi connectivity index (χ1n) is 10.9.